The summed E-state index contributed by atoms with van der Waals surface area (Å²) in [6.45, 7) is -0.856. The van der Waals surface area contributed by atoms with Crippen LogP contribution in [0.25, 0.3) is 16.9 Å². The summed E-state index contributed by atoms with van der Waals surface area (Å²) < 4.78 is 34.0. The molecular formula is C27H27ClF2N8O3. The summed E-state index contributed by atoms with van der Waals surface area (Å²) in [6.07, 6.45) is 8.01. The Balaban J connectivity index is 1.31. The number of benzene rings is 1. The number of likely N-dealkylation sites (tertiary alicyclic amines) is 2. The quantitative estimate of drug-likeness (QED) is 0.353. The molecule has 5 heterocycles. The van der Waals surface area contributed by atoms with Crippen LogP contribution in [0.4, 0.5) is 14.5 Å². The van der Waals surface area contributed by atoms with E-state index in [1.54, 1.807) is 12.3 Å². The standard InChI is InChI=1S/C27H27ClF2N8O3/c1-35-9-5-16-13-36(10-6-21(16)35)23(39)15-37-14-20(33-26(40)19-12-32-38-8-2-7-31-25(19)38)24(34-37)18-11-17(28)3-4-22(18)41-27(29)30/h2-4,7-8,11-12,14,16,21,27H,5-6,9-10,13,15H2,1H3,(H,33,40)/t16-,21+/m1/s1. The van der Waals surface area contributed by atoms with E-state index >= 15 is 0 Å². The van der Waals surface area contributed by atoms with Crippen LogP contribution in [0, 0.1) is 5.92 Å². The molecular weight excluding hydrogens is 558 g/mol. The minimum Gasteiger partial charge on any atom is -0.434 e. The van der Waals surface area contributed by atoms with Gasteiger partial charge in [-0.3, -0.25) is 14.3 Å². The maximum absolute atomic E-state index is 13.3. The molecule has 1 aromatic carbocycles. The first-order valence-electron chi connectivity index (χ1n) is 13.2. The number of alkyl halides is 2. The Morgan fingerprint density at radius 3 is 2.93 bits per heavy atom. The molecule has 2 saturated heterocycles. The van der Waals surface area contributed by atoms with Crippen molar-refractivity contribution in [1.29, 1.82) is 0 Å². The zero-order chi connectivity index (χ0) is 28.7. The number of piperidine rings is 1. The molecule has 2 amide bonds. The monoisotopic (exact) mass is 584 g/mol. The number of halogens is 3. The molecule has 41 heavy (non-hydrogen) atoms. The van der Waals surface area contributed by atoms with Crippen molar-refractivity contribution in [3.8, 4) is 17.0 Å². The molecule has 1 N–H and O–H groups in total. The highest BCUT2D eigenvalue weighted by atomic mass is 35.5. The van der Waals surface area contributed by atoms with Crippen LogP contribution in [0.5, 0.6) is 5.75 Å². The lowest BCUT2D eigenvalue weighted by Crippen LogP contribution is -2.48. The molecule has 2 fully saturated rings. The molecule has 0 unspecified atom stereocenters. The van der Waals surface area contributed by atoms with Gasteiger partial charge in [-0.25, -0.2) is 9.50 Å². The molecule has 2 aliphatic rings. The summed E-state index contributed by atoms with van der Waals surface area (Å²) in [4.78, 5) is 35.0. The van der Waals surface area contributed by atoms with Crippen molar-refractivity contribution in [3.63, 3.8) is 0 Å². The van der Waals surface area contributed by atoms with Gasteiger partial charge < -0.3 is 19.9 Å². The van der Waals surface area contributed by atoms with Crippen LogP contribution >= 0.6 is 11.6 Å². The third-order valence-electron chi connectivity index (χ3n) is 7.71. The fourth-order valence-corrected chi connectivity index (χ4v) is 5.91. The van der Waals surface area contributed by atoms with Gasteiger partial charge >= 0.3 is 6.61 Å². The molecule has 0 bridgehead atoms. The fourth-order valence-electron chi connectivity index (χ4n) is 5.74. The summed E-state index contributed by atoms with van der Waals surface area (Å²) in [6, 6.07) is 6.30. The van der Waals surface area contributed by atoms with Crippen molar-refractivity contribution in [3.05, 3.63) is 59.6 Å². The van der Waals surface area contributed by atoms with Gasteiger partial charge in [0.05, 0.1) is 11.9 Å². The fraction of sp³-hybridized carbons (Fsp3) is 0.370. The second kappa shape index (κ2) is 11.1. The number of rotatable bonds is 7. The van der Waals surface area contributed by atoms with E-state index < -0.39 is 12.5 Å². The molecule has 214 valence electrons. The molecule has 2 aliphatic heterocycles. The number of nitrogens with one attached hydrogen (secondary N) is 1. The molecule has 0 spiro atoms. The lowest BCUT2D eigenvalue weighted by molar-refractivity contribution is -0.134. The van der Waals surface area contributed by atoms with Crippen molar-refractivity contribution in [1.82, 2.24) is 34.2 Å². The minimum atomic E-state index is -3.10. The van der Waals surface area contributed by atoms with Gasteiger partial charge in [-0.1, -0.05) is 11.6 Å². The van der Waals surface area contributed by atoms with Crippen molar-refractivity contribution < 1.29 is 23.1 Å². The predicted octanol–water partition coefficient (Wildman–Crippen LogP) is 3.65. The van der Waals surface area contributed by atoms with Gasteiger partial charge in [-0.15, -0.1) is 0 Å². The van der Waals surface area contributed by atoms with Crippen molar-refractivity contribution in [2.75, 3.05) is 32.0 Å². The number of carbonyl (C=O) groups excluding carboxylic acids is 2. The number of fused-ring (bicyclic) bond motifs is 2. The predicted molar refractivity (Wildman–Crippen MR) is 146 cm³/mol. The van der Waals surface area contributed by atoms with Crippen LogP contribution in [0.2, 0.25) is 5.02 Å². The molecule has 0 radical (unpaired) electrons. The Morgan fingerprint density at radius 2 is 2.10 bits per heavy atom. The van der Waals surface area contributed by atoms with E-state index in [4.69, 9.17) is 16.3 Å². The largest absolute Gasteiger partial charge is 0.434 e. The average molecular weight is 585 g/mol. The van der Waals surface area contributed by atoms with Crippen molar-refractivity contribution in [2.24, 2.45) is 5.92 Å². The smallest absolute Gasteiger partial charge is 0.387 e. The van der Waals surface area contributed by atoms with Gasteiger partial charge in [-0.2, -0.15) is 19.0 Å². The molecule has 3 aromatic heterocycles. The number of ether oxygens (including phenoxy) is 1. The highest BCUT2D eigenvalue weighted by molar-refractivity contribution is 6.31. The summed E-state index contributed by atoms with van der Waals surface area (Å²) in [5.74, 6) is -0.411. The Hall–Kier alpha value is -4.10. The number of nitrogens with zero attached hydrogens (tertiary/aromatic N) is 7. The lowest BCUT2D eigenvalue weighted by atomic mass is 9.93. The Kier molecular flexibility index (Phi) is 7.30. The Labute approximate surface area is 238 Å². The second-order valence-electron chi connectivity index (χ2n) is 10.2. The highest BCUT2D eigenvalue weighted by Crippen LogP contribution is 2.37. The molecule has 0 saturated carbocycles. The first-order valence-corrected chi connectivity index (χ1v) is 13.5. The number of hydrogen-bond acceptors (Lipinski definition) is 7. The van der Waals surface area contributed by atoms with Crippen LogP contribution in [0.3, 0.4) is 0 Å². The first-order chi connectivity index (χ1) is 19.8. The van der Waals surface area contributed by atoms with Gasteiger partial charge in [0, 0.05) is 48.3 Å². The first kappa shape index (κ1) is 27.1. The van der Waals surface area contributed by atoms with E-state index in [-0.39, 0.29) is 45.7 Å². The lowest BCUT2D eigenvalue weighted by Gasteiger charge is -2.37. The zero-order valence-electron chi connectivity index (χ0n) is 22.1. The van der Waals surface area contributed by atoms with Crippen LogP contribution in [-0.2, 0) is 11.3 Å². The molecule has 14 heteroatoms. The molecule has 0 aliphatic carbocycles. The zero-order valence-corrected chi connectivity index (χ0v) is 22.8. The maximum atomic E-state index is 13.3. The molecule has 6 rings (SSSR count). The molecule has 2 atom stereocenters. The summed E-state index contributed by atoms with van der Waals surface area (Å²) in [7, 11) is 2.12. The van der Waals surface area contributed by atoms with Gasteiger partial charge in [-0.05, 0) is 56.6 Å². The maximum Gasteiger partial charge on any atom is 0.387 e. The van der Waals surface area contributed by atoms with E-state index in [1.165, 1.54) is 46.0 Å². The Bertz CT molecular complexity index is 1610. The summed E-state index contributed by atoms with van der Waals surface area (Å²) in [5, 5.41) is 11.7. The number of carbonyl (C=O) groups is 2. The summed E-state index contributed by atoms with van der Waals surface area (Å²) >= 11 is 6.21. The van der Waals surface area contributed by atoms with E-state index in [0.717, 1.165) is 19.4 Å². The topological polar surface area (TPSA) is 110 Å². The third kappa shape index (κ3) is 5.46. The van der Waals surface area contributed by atoms with Crippen molar-refractivity contribution >= 4 is 34.7 Å². The van der Waals surface area contributed by atoms with Gasteiger partial charge in [0.15, 0.2) is 5.65 Å². The highest BCUT2D eigenvalue weighted by Gasteiger charge is 2.37. The van der Waals surface area contributed by atoms with Crippen LogP contribution < -0.4 is 10.1 Å². The minimum absolute atomic E-state index is 0.0973. The SMILES string of the molecule is CN1CC[C@@H]2CN(C(=O)Cn3cc(NC(=O)c4cnn5cccnc45)c(-c4cc(Cl)ccc4OC(F)F)n3)CC[C@@H]21. The van der Waals surface area contributed by atoms with Crippen LogP contribution in [0.1, 0.15) is 23.2 Å². The van der Waals surface area contributed by atoms with Gasteiger partial charge in [0.2, 0.25) is 5.91 Å². The molecule has 11 nitrogen and oxygen atoms in total. The third-order valence-corrected chi connectivity index (χ3v) is 7.94. The van der Waals surface area contributed by atoms with E-state index in [2.05, 4.69) is 32.4 Å². The average Bonchev–Trinajstić information content (AvgIpc) is 3.66. The molecule has 4 aromatic rings. The van der Waals surface area contributed by atoms with E-state index in [1.807, 2.05) is 4.90 Å². The van der Waals surface area contributed by atoms with Gasteiger partial charge in [0.1, 0.15) is 23.6 Å². The van der Waals surface area contributed by atoms with Gasteiger partial charge in [0.25, 0.3) is 5.91 Å². The van der Waals surface area contributed by atoms with Crippen LogP contribution in [-0.4, -0.2) is 85.3 Å². The number of anilines is 1. The number of aromatic nitrogens is 5. The summed E-state index contributed by atoms with van der Waals surface area (Å²) in [5.41, 5.74) is 0.951. The van der Waals surface area contributed by atoms with Crippen molar-refractivity contribution in [2.45, 2.75) is 32.0 Å². The second-order valence-corrected chi connectivity index (χ2v) is 10.7. The normalized spacial score (nSPS) is 19.1. The number of amides is 2. The van der Waals surface area contributed by atoms with E-state index in [0.29, 0.717) is 30.7 Å². The Morgan fingerprint density at radius 1 is 1.24 bits per heavy atom. The van der Waals surface area contributed by atoms with E-state index in [9.17, 15) is 18.4 Å². The number of hydrogen-bond donors (Lipinski definition) is 1. The van der Waals surface area contributed by atoms with Crippen LogP contribution in [0.15, 0.2) is 49.1 Å².